The molecule has 0 spiro atoms. The Labute approximate surface area is 103 Å². The Balaban J connectivity index is 1.89. The minimum atomic E-state index is -0.199. The van der Waals surface area contributed by atoms with E-state index >= 15 is 0 Å². The third-order valence-electron chi connectivity index (χ3n) is 3.32. The molecule has 4 heteroatoms. The van der Waals surface area contributed by atoms with Crippen molar-refractivity contribution in [3.8, 4) is 5.75 Å². The summed E-state index contributed by atoms with van der Waals surface area (Å²) in [5, 5.41) is 0. The molecule has 16 heavy (non-hydrogen) atoms. The first kappa shape index (κ1) is 10.1. The van der Waals surface area contributed by atoms with Crippen molar-refractivity contribution in [1.82, 2.24) is 4.90 Å². The quantitative estimate of drug-likeness (QED) is 0.790. The van der Waals surface area contributed by atoms with Gasteiger partial charge < -0.3 is 9.64 Å². The number of halogens is 1. The highest BCUT2D eigenvalue weighted by Crippen LogP contribution is 2.34. The van der Waals surface area contributed by atoms with Crippen molar-refractivity contribution >= 4 is 22.0 Å². The third-order valence-corrected chi connectivity index (χ3v) is 3.81. The first-order chi connectivity index (χ1) is 7.74. The predicted molar refractivity (Wildman–Crippen MR) is 63.3 cm³/mol. The van der Waals surface area contributed by atoms with Gasteiger partial charge in [0, 0.05) is 16.1 Å². The van der Waals surface area contributed by atoms with E-state index in [2.05, 4.69) is 15.9 Å². The first-order valence-corrected chi connectivity index (χ1v) is 6.30. The average molecular weight is 282 g/mol. The smallest absolute Gasteiger partial charge is 0.410 e. The minimum absolute atomic E-state index is 0.199. The van der Waals surface area contributed by atoms with E-state index in [0.717, 1.165) is 22.9 Å². The van der Waals surface area contributed by atoms with Gasteiger partial charge in [-0.1, -0.05) is 22.0 Å². The minimum Gasteiger partial charge on any atom is -0.410 e. The average Bonchev–Trinajstić information content (AvgIpc) is 2.16. The zero-order valence-corrected chi connectivity index (χ0v) is 10.4. The zero-order chi connectivity index (χ0) is 11.1. The Morgan fingerprint density at radius 2 is 2.19 bits per heavy atom. The van der Waals surface area contributed by atoms with E-state index in [9.17, 15) is 4.79 Å². The Morgan fingerprint density at radius 3 is 2.88 bits per heavy atom. The number of fused-ring (bicyclic) bond motifs is 1. The van der Waals surface area contributed by atoms with Crippen molar-refractivity contribution in [2.75, 3.05) is 0 Å². The lowest BCUT2D eigenvalue weighted by Crippen LogP contribution is -2.47. The molecule has 1 amide bonds. The fourth-order valence-electron chi connectivity index (χ4n) is 2.13. The van der Waals surface area contributed by atoms with Crippen LogP contribution in [0.3, 0.4) is 0 Å². The number of carbonyl (C=O) groups excluding carboxylic acids is 1. The molecule has 0 N–H and O–H groups in total. The predicted octanol–water partition coefficient (Wildman–Crippen LogP) is 3.32. The molecule has 1 aliphatic heterocycles. The Morgan fingerprint density at radius 1 is 1.38 bits per heavy atom. The van der Waals surface area contributed by atoms with E-state index in [1.807, 2.05) is 23.1 Å². The summed E-state index contributed by atoms with van der Waals surface area (Å²) in [7, 11) is 0. The maximum absolute atomic E-state index is 11.8. The number of hydrogen-bond donors (Lipinski definition) is 0. The van der Waals surface area contributed by atoms with Crippen LogP contribution < -0.4 is 4.74 Å². The monoisotopic (exact) mass is 281 g/mol. The molecule has 0 unspecified atom stereocenters. The summed E-state index contributed by atoms with van der Waals surface area (Å²) in [6, 6.07) is 6.24. The van der Waals surface area contributed by atoms with Crippen LogP contribution in [-0.2, 0) is 6.54 Å². The van der Waals surface area contributed by atoms with E-state index in [1.54, 1.807) is 0 Å². The molecule has 3 rings (SSSR count). The molecular formula is C12H12BrNO2. The van der Waals surface area contributed by atoms with E-state index in [-0.39, 0.29) is 6.09 Å². The lowest BCUT2D eigenvalue weighted by molar-refractivity contribution is 0.0878. The SMILES string of the molecule is O=C1Oc2cc(Br)ccc2CN1C1CCC1. The largest absolute Gasteiger partial charge is 0.415 e. The van der Waals surface area contributed by atoms with Crippen LogP contribution in [0, 0.1) is 0 Å². The van der Waals surface area contributed by atoms with Crippen LogP contribution in [0.25, 0.3) is 0 Å². The molecule has 1 aliphatic carbocycles. The number of hydrogen-bond acceptors (Lipinski definition) is 2. The molecular weight excluding hydrogens is 270 g/mol. The van der Waals surface area contributed by atoms with Gasteiger partial charge in [-0.05, 0) is 31.4 Å². The second kappa shape index (κ2) is 3.77. The molecule has 84 valence electrons. The highest BCUT2D eigenvalue weighted by atomic mass is 79.9. The maximum Gasteiger partial charge on any atom is 0.415 e. The summed E-state index contributed by atoms with van der Waals surface area (Å²) < 4.78 is 6.28. The van der Waals surface area contributed by atoms with Crippen LogP contribution in [0.2, 0.25) is 0 Å². The van der Waals surface area contributed by atoms with Gasteiger partial charge in [-0.2, -0.15) is 0 Å². The molecule has 1 fully saturated rings. The summed E-state index contributed by atoms with van der Waals surface area (Å²) >= 11 is 3.37. The second-order valence-corrected chi connectivity index (χ2v) is 5.25. The van der Waals surface area contributed by atoms with Crippen LogP contribution in [0.4, 0.5) is 4.79 Å². The second-order valence-electron chi connectivity index (χ2n) is 4.33. The van der Waals surface area contributed by atoms with Crippen molar-refractivity contribution in [3.63, 3.8) is 0 Å². The Kier molecular flexibility index (Phi) is 2.39. The maximum atomic E-state index is 11.8. The van der Waals surface area contributed by atoms with Crippen LogP contribution in [0.5, 0.6) is 5.75 Å². The highest BCUT2D eigenvalue weighted by Gasteiger charge is 2.33. The highest BCUT2D eigenvalue weighted by molar-refractivity contribution is 9.10. The summed E-state index contributed by atoms with van der Waals surface area (Å²) in [5.41, 5.74) is 1.09. The molecule has 0 bridgehead atoms. The standard InChI is InChI=1S/C12H12BrNO2/c13-9-5-4-8-7-14(10-2-1-3-10)12(15)16-11(8)6-9/h4-6,10H,1-3,7H2. The molecule has 1 aromatic rings. The molecule has 2 aliphatic rings. The molecule has 0 atom stereocenters. The van der Waals surface area contributed by atoms with Gasteiger partial charge in [0.05, 0.1) is 6.54 Å². The molecule has 1 heterocycles. The van der Waals surface area contributed by atoms with E-state index in [1.165, 1.54) is 6.42 Å². The van der Waals surface area contributed by atoms with Gasteiger partial charge >= 0.3 is 6.09 Å². The van der Waals surface area contributed by atoms with E-state index < -0.39 is 0 Å². The number of rotatable bonds is 1. The van der Waals surface area contributed by atoms with Gasteiger partial charge in [-0.15, -0.1) is 0 Å². The van der Waals surface area contributed by atoms with Crippen molar-refractivity contribution in [2.24, 2.45) is 0 Å². The summed E-state index contributed by atoms with van der Waals surface area (Å²) in [6.07, 6.45) is 3.25. The first-order valence-electron chi connectivity index (χ1n) is 5.51. The zero-order valence-electron chi connectivity index (χ0n) is 8.78. The number of carbonyl (C=O) groups is 1. The summed E-state index contributed by atoms with van der Waals surface area (Å²) in [6.45, 7) is 0.687. The fourth-order valence-corrected chi connectivity index (χ4v) is 2.47. The molecule has 3 nitrogen and oxygen atoms in total. The number of ether oxygens (including phenoxy) is 1. The molecule has 1 saturated carbocycles. The van der Waals surface area contributed by atoms with Gasteiger partial charge in [0.1, 0.15) is 5.75 Å². The summed E-state index contributed by atoms with van der Waals surface area (Å²) in [4.78, 5) is 13.6. The van der Waals surface area contributed by atoms with Gasteiger partial charge in [-0.25, -0.2) is 4.79 Å². The van der Waals surface area contributed by atoms with Crippen LogP contribution in [0.15, 0.2) is 22.7 Å². The van der Waals surface area contributed by atoms with Gasteiger partial charge in [0.25, 0.3) is 0 Å². The molecule has 0 saturated heterocycles. The van der Waals surface area contributed by atoms with Crippen LogP contribution in [-0.4, -0.2) is 17.0 Å². The molecule has 1 aromatic carbocycles. The van der Waals surface area contributed by atoms with Gasteiger partial charge in [0.15, 0.2) is 0 Å². The van der Waals surface area contributed by atoms with Crippen LogP contribution >= 0.6 is 15.9 Å². The van der Waals surface area contributed by atoms with Crippen LogP contribution in [0.1, 0.15) is 24.8 Å². The lowest BCUT2D eigenvalue weighted by atomic mass is 9.91. The van der Waals surface area contributed by atoms with Crippen molar-refractivity contribution < 1.29 is 9.53 Å². The lowest BCUT2D eigenvalue weighted by Gasteiger charge is -2.39. The normalized spacial score (nSPS) is 20.1. The molecule has 0 aromatic heterocycles. The van der Waals surface area contributed by atoms with E-state index in [0.29, 0.717) is 18.3 Å². The van der Waals surface area contributed by atoms with Gasteiger partial charge in [-0.3, -0.25) is 0 Å². The summed E-state index contributed by atoms with van der Waals surface area (Å²) in [5.74, 6) is 0.690. The van der Waals surface area contributed by atoms with E-state index in [4.69, 9.17) is 4.74 Å². The number of nitrogens with zero attached hydrogens (tertiary/aromatic N) is 1. The fraction of sp³-hybridized carbons (Fsp3) is 0.417. The Bertz CT molecular complexity index is 443. The Hall–Kier alpha value is -1.03. The topological polar surface area (TPSA) is 29.5 Å². The van der Waals surface area contributed by atoms with Gasteiger partial charge in [0.2, 0.25) is 0 Å². The number of benzene rings is 1. The van der Waals surface area contributed by atoms with Crippen molar-refractivity contribution in [3.05, 3.63) is 28.2 Å². The van der Waals surface area contributed by atoms with Crippen molar-refractivity contribution in [2.45, 2.75) is 31.8 Å². The number of amides is 1. The van der Waals surface area contributed by atoms with Crippen molar-refractivity contribution in [1.29, 1.82) is 0 Å². The third kappa shape index (κ3) is 1.61. The molecule has 0 radical (unpaired) electrons.